The average molecular weight is 564 g/mol. The van der Waals surface area contributed by atoms with E-state index in [-0.39, 0.29) is 5.91 Å². The van der Waals surface area contributed by atoms with Gasteiger partial charge in [0.25, 0.3) is 5.91 Å². The average Bonchev–Trinajstić information content (AvgIpc) is 3.15. The van der Waals surface area contributed by atoms with E-state index in [9.17, 15) is 4.79 Å². The van der Waals surface area contributed by atoms with Crippen LogP contribution in [-0.4, -0.2) is 24.3 Å². The van der Waals surface area contributed by atoms with Gasteiger partial charge in [-0.05, 0) is 95.5 Å². The number of benzene rings is 3. The molecule has 1 aliphatic rings. The Morgan fingerprint density at radius 2 is 1.78 bits per heavy atom. The van der Waals surface area contributed by atoms with Crippen molar-refractivity contribution in [1.29, 1.82) is 0 Å². The van der Waals surface area contributed by atoms with Gasteiger partial charge in [-0.25, -0.2) is 4.99 Å². The summed E-state index contributed by atoms with van der Waals surface area (Å²) >= 11 is 4.95. The molecule has 0 aromatic heterocycles. The Hall–Kier alpha value is -3.29. The van der Waals surface area contributed by atoms with E-state index in [0.717, 1.165) is 32.5 Å². The van der Waals surface area contributed by atoms with E-state index in [1.807, 2.05) is 87.5 Å². The van der Waals surface area contributed by atoms with Crippen LogP contribution in [0.25, 0.3) is 6.08 Å². The van der Waals surface area contributed by atoms with Crippen LogP contribution in [0.3, 0.4) is 0 Å². The van der Waals surface area contributed by atoms with Crippen molar-refractivity contribution in [2.45, 2.75) is 20.8 Å². The minimum atomic E-state index is -0.122. The Labute approximate surface area is 224 Å². The minimum Gasteiger partial charge on any atom is -0.490 e. The highest BCUT2D eigenvalue weighted by Crippen LogP contribution is 2.41. The maximum absolute atomic E-state index is 13.7. The largest absolute Gasteiger partial charge is 0.490 e. The number of rotatable bonds is 8. The number of thioether (sulfide) groups is 1. The summed E-state index contributed by atoms with van der Waals surface area (Å²) in [6, 6.07) is 19.5. The van der Waals surface area contributed by atoms with Gasteiger partial charge in [0.05, 0.1) is 27.4 Å². The lowest BCUT2D eigenvalue weighted by atomic mass is 10.1. The smallest absolute Gasteiger partial charge is 0.271 e. The summed E-state index contributed by atoms with van der Waals surface area (Å²) < 4.78 is 12.3. The Kier molecular flexibility index (Phi) is 8.33. The van der Waals surface area contributed by atoms with Crippen molar-refractivity contribution in [2.75, 3.05) is 18.1 Å². The second kappa shape index (κ2) is 11.6. The summed E-state index contributed by atoms with van der Waals surface area (Å²) in [7, 11) is 0. The van der Waals surface area contributed by atoms with Gasteiger partial charge >= 0.3 is 0 Å². The van der Waals surface area contributed by atoms with Crippen molar-refractivity contribution >= 4 is 56.2 Å². The molecule has 3 aromatic carbocycles. The predicted octanol–water partition coefficient (Wildman–Crippen LogP) is 7.84. The fourth-order valence-electron chi connectivity index (χ4n) is 3.74. The van der Waals surface area contributed by atoms with Gasteiger partial charge in [-0.2, -0.15) is 0 Å². The Morgan fingerprint density at radius 1 is 1.06 bits per heavy atom. The van der Waals surface area contributed by atoms with E-state index in [0.29, 0.717) is 34.8 Å². The highest BCUT2D eigenvalue weighted by Gasteiger charge is 2.35. The van der Waals surface area contributed by atoms with E-state index in [1.165, 1.54) is 11.8 Å². The molecule has 36 heavy (non-hydrogen) atoms. The lowest BCUT2D eigenvalue weighted by Crippen LogP contribution is -2.29. The number of para-hydroxylation sites is 2. The van der Waals surface area contributed by atoms with Crippen molar-refractivity contribution < 1.29 is 14.3 Å². The quantitative estimate of drug-likeness (QED) is 0.207. The van der Waals surface area contributed by atoms with E-state index in [2.05, 4.69) is 22.5 Å². The lowest BCUT2D eigenvalue weighted by Gasteiger charge is -2.18. The van der Waals surface area contributed by atoms with E-state index in [1.54, 1.807) is 11.0 Å². The van der Waals surface area contributed by atoms with Crippen LogP contribution < -0.4 is 14.4 Å². The molecule has 1 saturated heterocycles. The van der Waals surface area contributed by atoms with Crippen LogP contribution in [0.2, 0.25) is 0 Å². The minimum absolute atomic E-state index is 0.122. The molecule has 0 N–H and O–H groups in total. The maximum atomic E-state index is 13.7. The van der Waals surface area contributed by atoms with E-state index in [4.69, 9.17) is 14.5 Å². The van der Waals surface area contributed by atoms with Gasteiger partial charge in [0, 0.05) is 0 Å². The first-order valence-electron chi connectivity index (χ1n) is 11.6. The van der Waals surface area contributed by atoms with Crippen molar-refractivity contribution in [3.05, 3.63) is 99.4 Å². The first kappa shape index (κ1) is 25.8. The number of nitrogens with zero attached hydrogens (tertiary/aromatic N) is 2. The van der Waals surface area contributed by atoms with Crippen molar-refractivity contribution in [3.8, 4) is 11.5 Å². The molecule has 0 spiro atoms. The normalized spacial score (nSPS) is 15.6. The summed E-state index contributed by atoms with van der Waals surface area (Å²) in [5, 5.41) is 0.616. The molecule has 4 rings (SSSR count). The SMILES string of the molecule is C=CCOc1c(Br)cc(/C=C2\SC(=Nc3ccccc3C)N(c3ccccc3C)C2=O)cc1OCC. The summed E-state index contributed by atoms with van der Waals surface area (Å²) in [6.45, 7) is 10.5. The molecule has 0 aliphatic carbocycles. The molecule has 0 radical (unpaired) electrons. The fraction of sp³-hybridized carbons (Fsp3) is 0.172. The topological polar surface area (TPSA) is 51.1 Å². The molecule has 7 heteroatoms. The van der Waals surface area contributed by atoms with Crippen LogP contribution in [0.15, 0.2) is 87.7 Å². The number of carbonyl (C=O) groups is 1. The third-order valence-electron chi connectivity index (χ3n) is 5.47. The first-order chi connectivity index (χ1) is 17.4. The van der Waals surface area contributed by atoms with Crippen molar-refractivity contribution in [2.24, 2.45) is 4.99 Å². The molecular weight excluding hydrogens is 536 g/mol. The predicted molar refractivity (Wildman–Crippen MR) is 154 cm³/mol. The van der Waals surface area contributed by atoms with Gasteiger partial charge in [0.2, 0.25) is 0 Å². The number of aryl methyl sites for hydroxylation is 2. The molecule has 0 atom stereocenters. The second-order valence-corrected chi connectivity index (χ2v) is 9.94. The number of ether oxygens (including phenoxy) is 2. The Balaban J connectivity index is 1.79. The molecule has 0 bridgehead atoms. The number of amidine groups is 1. The number of aliphatic imine (C=N–C) groups is 1. The number of amides is 1. The van der Waals surface area contributed by atoms with Gasteiger partial charge < -0.3 is 9.47 Å². The monoisotopic (exact) mass is 562 g/mol. The third-order valence-corrected chi connectivity index (χ3v) is 7.03. The van der Waals surface area contributed by atoms with E-state index >= 15 is 0 Å². The van der Waals surface area contributed by atoms with Crippen LogP contribution >= 0.6 is 27.7 Å². The molecule has 1 heterocycles. The van der Waals surface area contributed by atoms with Crippen LogP contribution in [-0.2, 0) is 4.79 Å². The maximum Gasteiger partial charge on any atom is 0.271 e. The number of hydrogen-bond acceptors (Lipinski definition) is 5. The Morgan fingerprint density at radius 3 is 2.47 bits per heavy atom. The molecule has 5 nitrogen and oxygen atoms in total. The molecule has 3 aromatic rings. The molecule has 1 amide bonds. The zero-order valence-electron chi connectivity index (χ0n) is 20.5. The highest BCUT2D eigenvalue weighted by molar-refractivity contribution is 9.10. The van der Waals surface area contributed by atoms with Gasteiger partial charge in [0.1, 0.15) is 6.61 Å². The fourth-order valence-corrected chi connectivity index (χ4v) is 5.30. The highest BCUT2D eigenvalue weighted by atomic mass is 79.9. The second-order valence-electron chi connectivity index (χ2n) is 8.08. The molecule has 184 valence electrons. The van der Waals surface area contributed by atoms with Gasteiger partial charge in [0.15, 0.2) is 16.7 Å². The third kappa shape index (κ3) is 5.58. The number of anilines is 1. The van der Waals surface area contributed by atoms with Crippen LogP contribution in [0, 0.1) is 13.8 Å². The van der Waals surface area contributed by atoms with Gasteiger partial charge in [-0.3, -0.25) is 9.69 Å². The number of hydrogen-bond donors (Lipinski definition) is 0. The zero-order valence-corrected chi connectivity index (χ0v) is 22.9. The molecule has 1 fully saturated rings. The Bertz CT molecular complexity index is 1370. The van der Waals surface area contributed by atoms with Crippen molar-refractivity contribution in [3.63, 3.8) is 0 Å². The lowest BCUT2D eigenvalue weighted by molar-refractivity contribution is -0.113. The van der Waals surface area contributed by atoms with Crippen molar-refractivity contribution in [1.82, 2.24) is 0 Å². The van der Waals surface area contributed by atoms with Crippen LogP contribution in [0.5, 0.6) is 11.5 Å². The molecular formula is C29H27BrN2O3S. The first-order valence-corrected chi connectivity index (χ1v) is 13.2. The summed E-state index contributed by atoms with van der Waals surface area (Å²) in [5.41, 5.74) is 4.50. The van der Waals surface area contributed by atoms with Crippen LogP contribution in [0.1, 0.15) is 23.6 Å². The number of halogens is 1. The standard InChI is InChI=1S/C29H27BrN2O3S/c1-5-15-35-27-22(30)16-21(17-25(27)34-6-2)18-26-28(33)32(24-14-10-8-12-20(24)4)29(36-26)31-23-13-9-7-11-19(23)3/h5,7-14,16-18H,1,6,15H2,2-4H3/b26-18-,31-29?. The number of carbonyl (C=O) groups excluding carboxylic acids is 1. The van der Waals surface area contributed by atoms with Gasteiger partial charge in [-0.15, -0.1) is 0 Å². The summed E-state index contributed by atoms with van der Waals surface area (Å²) in [5.74, 6) is 1.08. The summed E-state index contributed by atoms with van der Waals surface area (Å²) in [6.07, 6.45) is 3.55. The summed E-state index contributed by atoms with van der Waals surface area (Å²) in [4.78, 5) is 20.9. The van der Waals surface area contributed by atoms with Gasteiger partial charge in [-0.1, -0.05) is 49.1 Å². The zero-order chi connectivity index (χ0) is 25.7. The molecule has 1 aliphatic heterocycles. The molecule has 0 unspecified atom stereocenters. The van der Waals surface area contributed by atoms with Crippen LogP contribution in [0.4, 0.5) is 11.4 Å². The molecule has 0 saturated carbocycles. The van der Waals surface area contributed by atoms with E-state index < -0.39 is 0 Å².